The normalized spacial score (nSPS) is 19.6. The topological polar surface area (TPSA) is 66.6 Å². The van der Waals surface area contributed by atoms with E-state index in [1.807, 2.05) is 20.8 Å². The van der Waals surface area contributed by atoms with Crippen molar-refractivity contribution in [2.24, 2.45) is 11.1 Å². The molecule has 0 aliphatic carbocycles. The SMILES string of the molecule is CCC(=O)N1CSCC1C(=O)N(C)CC(C)(C)CN. The summed E-state index contributed by atoms with van der Waals surface area (Å²) in [5, 5.41) is 0. The van der Waals surface area contributed by atoms with Gasteiger partial charge in [-0.2, -0.15) is 0 Å². The Morgan fingerprint density at radius 2 is 2.11 bits per heavy atom. The van der Waals surface area contributed by atoms with Gasteiger partial charge in [-0.05, 0) is 12.0 Å². The summed E-state index contributed by atoms with van der Waals surface area (Å²) < 4.78 is 0. The van der Waals surface area contributed by atoms with Gasteiger partial charge in [0, 0.05) is 25.8 Å². The van der Waals surface area contributed by atoms with Gasteiger partial charge < -0.3 is 15.5 Å². The summed E-state index contributed by atoms with van der Waals surface area (Å²) in [5.41, 5.74) is 5.60. The standard InChI is InChI=1S/C13H25N3O2S/c1-5-11(17)16-9-19-6-10(16)12(18)15(4)8-13(2,3)7-14/h10H,5-9,14H2,1-4H3. The second-order valence-electron chi connectivity index (χ2n) is 5.80. The highest BCUT2D eigenvalue weighted by Crippen LogP contribution is 2.24. The predicted octanol–water partition coefficient (Wildman–Crippen LogP) is 0.741. The molecule has 1 aliphatic heterocycles. The van der Waals surface area contributed by atoms with E-state index < -0.39 is 0 Å². The molecule has 1 atom stereocenters. The largest absolute Gasteiger partial charge is 0.343 e. The molecule has 0 saturated carbocycles. The van der Waals surface area contributed by atoms with Crippen LogP contribution in [-0.2, 0) is 9.59 Å². The Bertz CT molecular complexity index is 347. The smallest absolute Gasteiger partial charge is 0.246 e. The monoisotopic (exact) mass is 287 g/mol. The van der Waals surface area contributed by atoms with Crippen molar-refractivity contribution in [3.05, 3.63) is 0 Å². The first kappa shape index (κ1) is 16.3. The highest BCUT2D eigenvalue weighted by atomic mass is 32.2. The lowest BCUT2D eigenvalue weighted by atomic mass is 9.93. The number of likely N-dealkylation sites (N-methyl/N-ethyl adjacent to an activating group) is 1. The molecular weight excluding hydrogens is 262 g/mol. The van der Waals surface area contributed by atoms with Gasteiger partial charge in [0.15, 0.2) is 0 Å². The highest BCUT2D eigenvalue weighted by molar-refractivity contribution is 7.99. The van der Waals surface area contributed by atoms with E-state index in [1.165, 1.54) is 0 Å². The number of rotatable bonds is 5. The molecule has 5 nitrogen and oxygen atoms in total. The van der Waals surface area contributed by atoms with Gasteiger partial charge in [0.25, 0.3) is 0 Å². The summed E-state index contributed by atoms with van der Waals surface area (Å²) in [6.45, 7) is 7.04. The van der Waals surface area contributed by atoms with Crippen LogP contribution in [0.25, 0.3) is 0 Å². The number of carbonyl (C=O) groups is 2. The van der Waals surface area contributed by atoms with Gasteiger partial charge in [0.2, 0.25) is 11.8 Å². The van der Waals surface area contributed by atoms with Crippen molar-refractivity contribution in [1.29, 1.82) is 0 Å². The average molecular weight is 287 g/mol. The number of hydrogen-bond acceptors (Lipinski definition) is 4. The minimum absolute atomic E-state index is 0.0216. The fourth-order valence-corrected chi connectivity index (χ4v) is 3.31. The van der Waals surface area contributed by atoms with E-state index in [-0.39, 0.29) is 23.3 Å². The molecule has 0 aromatic carbocycles. The first-order valence-electron chi connectivity index (χ1n) is 6.64. The zero-order chi connectivity index (χ0) is 14.6. The minimum atomic E-state index is -0.309. The quantitative estimate of drug-likeness (QED) is 0.810. The Labute approximate surface area is 119 Å². The fourth-order valence-electron chi connectivity index (χ4n) is 2.14. The van der Waals surface area contributed by atoms with Crippen LogP contribution < -0.4 is 5.73 Å². The van der Waals surface area contributed by atoms with Crippen LogP contribution in [0.3, 0.4) is 0 Å². The van der Waals surface area contributed by atoms with Crippen molar-refractivity contribution >= 4 is 23.6 Å². The molecule has 1 fully saturated rings. The molecule has 2 N–H and O–H groups in total. The first-order chi connectivity index (χ1) is 8.82. The molecule has 1 heterocycles. The first-order valence-corrected chi connectivity index (χ1v) is 7.80. The molecule has 6 heteroatoms. The molecule has 0 bridgehead atoms. The lowest BCUT2D eigenvalue weighted by Gasteiger charge is -2.32. The zero-order valence-electron chi connectivity index (χ0n) is 12.3. The van der Waals surface area contributed by atoms with Gasteiger partial charge >= 0.3 is 0 Å². The summed E-state index contributed by atoms with van der Waals surface area (Å²) in [4.78, 5) is 27.7. The van der Waals surface area contributed by atoms with Gasteiger partial charge in [0.1, 0.15) is 6.04 Å². The highest BCUT2D eigenvalue weighted by Gasteiger charge is 2.36. The number of hydrogen-bond donors (Lipinski definition) is 1. The molecular formula is C13H25N3O2S. The van der Waals surface area contributed by atoms with Crippen LogP contribution in [0.1, 0.15) is 27.2 Å². The number of carbonyl (C=O) groups excluding carboxylic acids is 2. The van der Waals surface area contributed by atoms with Crippen molar-refractivity contribution in [3.8, 4) is 0 Å². The Balaban J connectivity index is 2.68. The van der Waals surface area contributed by atoms with Crippen LogP contribution in [0.5, 0.6) is 0 Å². The number of amides is 2. The second-order valence-corrected chi connectivity index (χ2v) is 6.80. The Hall–Kier alpha value is -0.750. The Morgan fingerprint density at radius 3 is 2.63 bits per heavy atom. The zero-order valence-corrected chi connectivity index (χ0v) is 13.1. The second kappa shape index (κ2) is 6.61. The molecule has 0 radical (unpaired) electrons. The fraction of sp³-hybridized carbons (Fsp3) is 0.846. The van der Waals surface area contributed by atoms with Crippen molar-refractivity contribution < 1.29 is 9.59 Å². The summed E-state index contributed by atoms with van der Waals surface area (Å²) in [6, 6.07) is -0.309. The summed E-state index contributed by atoms with van der Waals surface area (Å²) in [7, 11) is 1.79. The molecule has 1 unspecified atom stereocenters. The molecule has 1 aliphatic rings. The molecule has 0 aromatic rings. The molecule has 0 spiro atoms. The van der Waals surface area contributed by atoms with Crippen molar-refractivity contribution in [2.75, 3.05) is 31.8 Å². The van der Waals surface area contributed by atoms with E-state index in [0.717, 1.165) is 0 Å². The van der Waals surface area contributed by atoms with Crippen LogP contribution >= 0.6 is 11.8 Å². The predicted molar refractivity (Wildman–Crippen MR) is 78.7 cm³/mol. The van der Waals surface area contributed by atoms with Crippen LogP contribution in [0.4, 0.5) is 0 Å². The van der Waals surface area contributed by atoms with Crippen molar-refractivity contribution in [1.82, 2.24) is 9.80 Å². The number of thioether (sulfide) groups is 1. The van der Waals surface area contributed by atoms with Gasteiger partial charge in [0.05, 0.1) is 5.88 Å². The Kier molecular flexibility index (Phi) is 5.67. The number of nitrogens with two attached hydrogens (primary N) is 1. The van der Waals surface area contributed by atoms with Crippen LogP contribution in [0.15, 0.2) is 0 Å². The lowest BCUT2D eigenvalue weighted by Crippen LogP contribution is -2.50. The maximum absolute atomic E-state index is 12.4. The van der Waals surface area contributed by atoms with Gasteiger partial charge in [-0.1, -0.05) is 20.8 Å². The third-order valence-electron chi connectivity index (χ3n) is 3.38. The number of nitrogens with zero attached hydrogens (tertiary/aromatic N) is 2. The van der Waals surface area contributed by atoms with Gasteiger partial charge in [-0.25, -0.2) is 0 Å². The minimum Gasteiger partial charge on any atom is -0.343 e. The summed E-state index contributed by atoms with van der Waals surface area (Å²) in [6.07, 6.45) is 0.447. The summed E-state index contributed by atoms with van der Waals surface area (Å²) >= 11 is 1.64. The van der Waals surface area contributed by atoms with E-state index >= 15 is 0 Å². The van der Waals surface area contributed by atoms with E-state index in [9.17, 15) is 9.59 Å². The van der Waals surface area contributed by atoms with Crippen molar-refractivity contribution in [3.63, 3.8) is 0 Å². The van der Waals surface area contributed by atoms with Crippen LogP contribution in [0.2, 0.25) is 0 Å². The lowest BCUT2D eigenvalue weighted by molar-refractivity contribution is -0.143. The van der Waals surface area contributed by atoms with E-state index in [4.69, 9.17) is 5.73 Å². The van der Waals surface area contributed by atoms with E-state index in [0.29, 0.717) is 31.1 Å². The maximum Gasteiger partial charge on any atom is 0.246 e. The van der Waals surface area contributed by atoms with Crippen LogP contribution in [0, 0.1) is 5.41 Å². The molecule has 2 amide bonds. The molecule has 1 saturated heterocycles. The van der Waals surface area contributed by atoms with Crippen molar-refractivity contribution in [2.45, 2.75) is 33.2 Å². The van der Waals surface area contributed by atoms with Crippen LogP contribution in [-0.4, -0.2) is 59.4 Å². The third-order valence-corrected chi connectivity index (χ3v) is 4.40. The summed E-state index contributed by atoms with van der Waals surface area (Å²) in [5.74, 6) is 1.39. The molecule has 19 heavy (non-hydrogen) atoms. The molecule has 1 rings (SSSR count). The van der Waals surface area contributed by atoms with E-state index in [1.54, 1.807) is 28.6 Å². The molecule has 0 aromatic heterocycles. The Morgan fingerprint density at radius 1 is 1.47 bits per heavy atom. The third kappa shape index (κ3) is 4.11. The van der Waals surface area contributed by atoms with E-state index in [2.05, 4.69) is 0 Å². The average Bonchev–Trinajstić information content (AvgIpc) is 2.85. The molecule has 110 valence electrons. The van der Waals surface area contributed by atoms with Gasteiger partial charge in [-0.3, -0.25) is 9.59 Å². The maximum atomic E-state index is 12.4. The van der Waals surface area contributed by atoms with Gasteiger partial charge in [-0.15, -0.1) is 11.8 Å².